The van der Waals surface area contributed by atoms with Crippen LogP contribution in [0.1, 0.15) is 34.3 Å². The molecule has 30 heavy (non-hydrogen) atoms. The minimum Gasteiger partial charge on any atom is -0.326 e. The molecular weight excluding hydrogens is 394 g/mol. The molecule has 2 heterocycles. The first-order valence-electron chi connectivity index (χ1n) is 9.93. The number of carbonyl (C=O) groups excluding carboxylic acids is 2. The first-order chi connectivity index (χ1) is 14.5. The van der Waals surface area contributed by atoms with Gasteiger partial charge in [-0.1, -0.05) is 30.0 Å². The summed E-state index contributed by atoms with van der Waals surface area (Å²) in [6.07, 6.45) is 2.61. The topological polar surface area (TPSA) is 62.3 Å². The first kappa shape index (κ1) is 20.2. The van der Waals surface area contributed by atoms with Crippen molar-refractivity contribution in [2.24, 2.45) is 0 Å². The molecule has 0 aliphatic carbocycles. The maximum Gasteiger partial charge on any atom is 0.261 e. The molecule has 1 aliphatic heterocycles. The summed E-state index contributed by atoms with van der Waals surface area (Å²) in [5, 5.41) is 3.68. The van der Waals surface area contributed by atoms with Gasteiger partial charge in [-0.25, -0.2) is 4.98 Å². The van der Waals surface area contributed by atoms with E-state index < -0.39 is 0 Å². The molecule has 4 rings (SSSR count). The fraction of sp³-hybridized carbons (Fsp3) is 0.208. The number of amides is 2. The van der Waals surface area contributed by atoms with E-state index in [2.05, 4.69) is 16.4 Å². The standard InChI is InChI=1S/C24H23N3O2S/c1-16-13-17(2)15-18(14-16)26-22(28)10-6-12-27-20-8-3-4-9-21(20)30-23-19(24(27)29)7-5-11-25-23/h3-5,7-9,11,13-15H,6,10,12H2,1-2H3,(H,26,28). The van der Waals surface area contributed by atoms with Crippen LogP contribution in [-0.2, 0) is 4.79 Å². The quantitative estimate of drug-likeness (QED) is 0.618. The van der Waals surface area contributed by atoms with E-state index >= 15 is 0 Å². The minimum atomic E-state index is -0.0785. The van der Waals surface area contributed by atoms with E-state index in [0.29, 0.717) is 30.0 Å². The minimum absolute atomic E-state index is 0.0491. The predicted octanol–water partition coefficient (Wildman–Crippen LogP) is 5.23. The van der Waals surface area contributed by atoms with Crippen LogP contribution in [0.2, 0.25) is 0 Å². The molecule has 3 aromatic rings. The van der Waals surface area contributed by atoms with Gasteiger partial charge in [0.25, 0.3) is 5.91 Å². The molecule has 0 radical (unpaired) electrons. The number of benzene rings is 2. The largest absolute Gasteiger partial charge is 0.326 e. The highest BCUT2D eigenvalue weighted by Gasteiger charge is 2.27. The summed E-state index contributed by atoms with van der Waals surface area (Å²) in [5.41, 5.74) is 4.49. The molecule has 0 saturated heterocycles. The van der Waals surface area contributed by atoms with Crippen molar-refractivity contribution in [1.82, 2.24) is 4.98 Å². The van der Waals surface area contributed by atoms with Crippen molar-refractivity contribution in [3.05, 3.63) is 77.5 Å². The normalized spacial score (nSPS) is 12.7. The van der Waals surface area contributed by atoms with Gasteiger partial charge < -0.3 is 10.2 Å². The van der Waals surface area contributed by atoms with Crippen molar-refractivity contribution < 1.29 is 9.59 Å². The summed E-state index contributed by atoms with van der Waals surface area (Å²) in [6, 6.07) is 17.4. The Hall–Kier alpha value is -3.12. The second kappa shape index (κ2) is 8.71. The van der Waals surface area contributed by atoms with Crippen LogP contribution in [-0.4, -0.2) is 23.3 Å². The monoisotopic (exact) mass is 417 g/mol. The Kier molecular flexibility index (Phi) is 5.86. The van der Waals surface area contributed by atoms with E-state index in [1.54, 1.807) is 17.2 Å². The number of carbonyl (C=O) groups is 2. The van der Waals surface area contributed by atoms with Crippen LogP contribution < -0.4 is 10.2 Å². The molecule has 1 aliphatic rings. The summed E-state index contributed by atoms with van der Waals surface area (Å²) in [6.45, 7) is 4.48. The first-order valence-corrected chi connectivity index (χ1v) is 10.7. The van der Waals surface area contributed by atoms with Crippen LogP contribution in [0.5, 0.6) is 0 Å². The van der Waals surface area contributed by atoms with E-state index in [0.717, 1.165) is 27.4 Å². The van der Waals surface area contributed by atoms with Gasteiger partial charge in [0.15, 0.2) is 0 Å². The molecule has 0 bridgehead atoms. The lowest BCUT2D eigenvalue weighted by Gasteiger charge is -2.22. The summed E-state index contributed by atoms with van der Waals surface area (Å²) < 4.78 is 0. The Morgan fingerprint density at radius 1 is 1.07 bits per heavy atom. The Morgan fingerprint density at radius 2 is 1.83 bits per heavy atom. The molecule has 0 fully saturated rings. The van der Waals surface area contributed by atoms with Gasteiger partial charge in [-0.2, -0.15) is 0 Å². The molecular formula is C24H23N3O2S. The predicted molar refractivity (Wildman–Crippen MR) is 120 cm³/mol. The Bertz CT molecular complexity index is 1090. The molecule has 2 amide bonds. The van der Waals surface area contributed by atoms with E-state index in [1.807, 2.05) is 56.3 Å². The lowest BCUT2D eigenvalue weighted by molar-refractivity contribution is -0.116. The van der Waals surface area contributed by atoms with Gasteiger partial charge in [-0.05, 0) is 67.8 Å². The van der Waals surface area contributed by atoms with Crippen molar-refractivity contribution in [3.8, 4) is 0 Å². The van der Waals surface area contributed by atoms with E-state index in [-0.39, 0.29) is 11.8 Å². The number of nitrogens with one attached hydrogen (secondary N) is 1. The number of rotatable bonds is 5. The number of anilines is 2. The molecule has 0 unspecified atom stereocenters. The summed E-state index contributed by atoms with van der Waals surface area (Å²) >= 11 is 1.50. The zero-order valence-electron chi connectivity index (χ0n) is 17.0. The van der Waals surface area contributed by atoms with E-state index in [1.165, 1.54) is 11.8 Å². The highest BCUT2D eigenvalue weighted by atomic mass is 32.2. The third-order valence-corrected chi connectivity index (χ3v) is 5.98. The van der Waals surface area contributed by atoms with Crippen molar-refractivity contribution in [3.63, 3.8) is 0 Å². The number of para-hydroxylation sites is 1. The zero-order chi connectivity index (χ0) is 21.1. The van der Waals surface area contributed by atoms with Crippen LogP contribution in [0.4, 0.5) is 11.4 Å². The SMILES string of the molecule is Cc1cc(C)cc(NC(=O)CCCN2C(=O)c3cccnc3Sc3ccccc32)c1. The van der Waals surface area contributed by atoms with Gasteiger partial charge in [0.1, 0.15) is 5.03 Å². The molecule has 0 spiro atoms. The Balaban J connectivity index is 1.47. The van der Waals surface area contributed by atoms with Crippen LogP contribution in [0.15, 0.2) is 70.7 Å². The van der Waals surface area contributed by atoms with Crippen LogP contribution in [0.3, 0.4) is 0 Å². The van der Waals surface area contributed by atoms with Gasteiger partial charge in [-0.15, -0.1) is 0 Å². The molecule has 0 atom stereocenters. The van der Waals surface area contributed by atoms with E-state index in [9.17, 15) is 9.59 Å². The van der Waals surface area contributed by atoms with Crippen LogP contribution >= 0.6 is 11.8 Å². The highest BCUT2D eigenvalue weighted by molar-refractivity contribution is 7.99. The number of nitrogens with zero attached hydrogens (tertiary/aromatic N) is 2. The molecule has 5 nitrogen and oxygen atoms in total. The maximum absolute atomic E-state index is 13.2. The van der Waals surface area contributed by atoms with Gasteiger partial charge in [-0.3, -0.25) is 9.59 Å². The lowest BCUT2D eigenvalue weighted by Crippen LogP contribution is -2.32. The molecule has 152 valence electrons. The third kappa shape index (κ3) is 4.39. The fourth-order valence-electron chi connectivity index (χ4n) is 3.65. The fourth-order valence-corrected chi connectivity index (χ4v) is 4.67. The molecule has 1 N–H and O–H groups in total. The summed E-state index contributed by atoms with van der Waals surface area (Å²) in [4.78, 5) is 32.8. The second-order valence-corrected chi connectivity index (χ2v) is 8.44. The summed E-state index contributed by atoms with van der Waals surface area (Å²) in [5.74, 6) is -0.128. The Labute approximate surface area is 180 Å². The number of pyridine rings is 1. The van der Waals surface area contributed by atoms with E-state index in [4.69, 9.17) is 0 Å². The van der Waals surface area contributed by atoms with Crippen molar-refractivity contribution in [1.29, 1.82) is 0 Å². The number of aryl methyl sites for hydroxylation is 2. The molecule has 6 heteroatoms. The smallest absolute Gasteiger partial charge is 0.261 e. The second-order valence-electron chi connectivity index (χ2n) is 7.41. The van der Waals surface area contributed by atoms with Gasteiger partial charge in [0.05, 0.1) is 11.3 Å². The number of hydrogen-bond donors (Lipinski definition) is 1. The average Bonchev–Trinajstić information content (AvgIpc) is 2.82. The average molecular weight is 418 g/mol. The zero-order valence-corrected chi connectivity index (χ0v) is 17.8. The number of hydrogen-bond acceptors (Lipinski definition) is 4. The number of fused-ring (bicyclic) bond motifs is 2. The Morgan fingerprint density at radius 3 is 2.63 bits per heavy atom. The molecule has 2 aromatic carbocycles. The van der Waals surface area contributed by atoms with Gasteiger partial charge in [0, 0.05) is 29.7 Å². The van der Waals surface area contributed by atoms with Crippen LogP contribution in [0.25, 0.3) is 0 Å². The van der Waals surface area contributed by atoms with Crippen molar-refractivity contribution >= 4 is 35.0 Å². The third-order valence-electron chi connectivity index (χ3n) is 4.90. The highest BCUT2D eigenvalue weighted by Crippen LogP contribution is 2.40. The van der Waals surface area contributed by atoms with Gasteiger partial charge >= 0.3 is 0 Å². The van der Waals surface area contributed by atoms with Crippen molar-refractivity contribution in [2.45, 2.75) is 36.6 Å². The van der Waals surface area contributed by atoms with Gasteiger partial charge in [0.2, 0.25) is 5.91 Å². The molecule has 0 saturated carbocycles. The number of aromatic nitrogens is 1. The van der Waals surface area contributed by atoms with Crippen molar-refractivity contribution in [2.75, 3.05) is 16.8 Å². The summed E-state index contributed by atoms with van der Waals surface area (Å²) in [7, 11) is 0. The van der Waals surface area contributed by atoms with Crippen LogP contribution in [0, 0.1) is 13.8 Å². The molecule has 1 aromatic heterocycles. The maximum atomic E-state index is 13.2. The lowest BCUT2D eigenvalue weighted by atomic mass is 10.1.